The number of hydrogen-bond acceptors (Lipinski definition) is 8. The highest BCUT2D eigenvalue weighted by Gasteiger charge is 2.38. The second kappa shape index (κ2) is 12.8. The van der Waals surface area contributed by atoms with Gasteiger partial charge in [-0.25, -0.2) is 14.4 Å². The number of fused-ring (bicyclic) bond motifs is 1. The fourth-order valence-electron chi connectivity index (χ4n) is 3.37. The van der Waals surface area contributed by atoms with Crippen LogP contribution in [0.15, 0.2) is 21.7 Å². The van der Waals surface area contributed by atoms with Crippen LogP contribution >= 0.6 is 0 Å². The molecule has 0 aromatic carbocycles. The van der Waals surface area contributed by atoms with Crippen molar-refractivity contribution in [2.75, 3.05) is 37.7 Å². The number of allylic oxidation sites excluding steroid dienone is 1. The van der Waals surface area contributed by atoms with Crippen LogP contribution in [0.2, 0.25) is 0 Å². The van der Waals surface area contributed by atoms with Gasteiger partial charge in [0.15, 0.2) is 11.2 Å². The molecule has 12 nitrogen and oxygen atoms in total. The van der Waals surface area contributed by atoms with E-state index in [4.69, 9.17) is 14.6 Å². The molecule has 0 spiro atoms. The maximum atomic E-state index is 13.0. The molecule has 1 saturated heterocycles. The van der Waals surface area contributed by atoms with Crippen molar-refractivity contribution in [3.8, 4) is 11.8 Å². The van der Waals surface area contributed by atoms with Crippen molar-refractivity contribution in [1.82, 2.24) is 24.0 Å². The van der Waals surface area contributed by atoms with Gasteiger partial charge in [0.25, 0.3) is 5.56 Å². The van der Waals surface area contributed by atoms with Crippen molar-refractivity contribution in [3.63, 3.8) is 0 Å². The Morgan fingerprint density at radius 3 is 2.38 bits per heavy atom. The van der Waals surface area contributed by atoms with E-state index in [9.17, 15) is 27.6 Å². The lowest BCUT2D eigenvalue weighted by atomic mass is 10.4. The van der Waals surface area contributed by atoms with Gasteiger partial charge in [0, 0.05) is 45.8 Å². The number of carbonyl (C=O) groups is 2. The predicted molar refractivity (Wildman–Crippen MR) is 127 cm³/mol. The number of piperazine rings is 1. The third-order valence-electron chi connectivity index (χ3n) is 5.09. The first-order valence-electron chi connectivity index (χ1n) is 11.1. The van der Waals surface area contributed by atoms with Gasteiger partial charge in [0.1, 0.15) is 0 Å². The SMILES string of the molecule is CC#CCn1c(N2CCNCC2)nc2c1c(=O)n(C)c(=O)n2C/C=C/C(=O)OCC.O=C(O)C(F)(F)F. The van der Waals surface area contributed by atoms with Crippen LogP contribution in [0.5, 0.6) is 0 Å². The van der Waals surface area contributed by atoms with Crippen molar-refractivity contribution in [2.24, 2.45) is 7.05 Å². The summed E-state index contributed by atoms with van der Waals surface area (Å²) in [5.41, 5.74) is -0.326. The molecule has 0 saturated carbocycles. The number of halogens is 3. The van der Waals surface area contributed by atoms with Crippen LogP contribution in [-0.4, -0.2) is 74.7 Å². The van der Waals surface area contributed by atoms with Crippen molar-refractivity contribution in [1.29, 1.82) is 0 Å². The zero-order valence-corrected chi connectivity index (χ0v) is 20.5. The molecule has 0 atom stereocenters. The molecule has 1 fully saturated rings. The van der Waals surface area contributed by atoms with Crippen molar-refractivity contribution in [2.45, 2.75) is 33.1 Å². The van der Waals surface area contributed by atoms with Crippen LogP contribution in [-0.2, 0) is 34.5 Å². The van der Waals surface area contributed by atoms with Gasteiger partial charge in [-0.15, -0.1) is 5.92 Å². The van der Waals surface area contributed by atoms with Crippen molar-refractivity contribution >= 4 is 29.1 Å². The van der Waals surface area contributed by atoms with E-state index in [1.165, 1.54) is 23.8 Å². The maximum absolute atomic E-state index is 13.0. The first-order valence-corrected chi connectivity index (χ1v) is 11.1. The Labute approximate surface area is 208 Å². The van der Waals surface area contributed by atoms with Crippen LogP contribution in [0, 0.1) is 11.8 Å². The summed E-state index contributed by atoms with van der Waals surface area (Å²) in [6.07, 6.45) is -2.29. The monoisotopic (exact) mass is 528 g/mol. The summed E-state index contributed by atoms with van der Waals surface area (Å²) >= 11 is 0. The minimum absolute atomic E-state index is 0.0831. The molecule has 2 aromatic heterocycles. The number of imidazole rings is 1. The number of aliphatic carboxylic acids is 1. The average Bonchev–Trinajstić information content (AvgIpc) is 3.23. The zero-order valence-electron chi connectivity index (χ0n) is 20.5. The normalized spacial score (nSPS) is 13.6. The third kappa shape index (κ3) is 7.23. The van der Waals surface area contributed by atoms with Gasteiger partial charge in [-0.3, -0.25) is 18.5 Å². The molecule has 3 rings (SSSR count). The molecule has 1 aliphatic heterocycles. The molecular weight excluding hydrogens is 501 g/mol. The number of rotatable bonds is 6. The van der Waals surface area contributed by atoms with E-state index in [-0.39, 0.29) is 18.8 Å². The van der Waals surface area contributed by atoms with E-state index in [1.54, 1.807) is 18.4 Å². The lowest BCUT2D eigenvalue weighted by molar-refractivity contribution is -0.192. The Bertz CT molecular complexity index is 1340. The van der Waals surface area contributed by atoms with Crippen molar-refractivity contribution < 1.29 is 32.6 Å². The Kier molecular flexibility index (Phi) is 10.1. The number of nitrogens with zero attached hydrogens (tertiary/aromatic N) is 5. The zero-order chi connectivity index (χ0) is 27.8. The molecule has 37 heavy (non-hydrogen) atoms. The molecular formula is C22H27F3N6O6. The molecule has 1 aliphatic rings. The molecule has 15 heteroatoms. The number of aromatic nitrogens is 4. The molecule has 0 amide bonds. The maximum Gasteiger partial charge on any atom is 0.490 e. The number of carbonyl (C=O) groups excluding carboxylic acids is 1. The highest BCUT2D eigenvalue weighted by Crippen LogP contribution is 2.20. The highest BCUT2D eigenvalue weighted by atomic mass is 19.4. The summed E-state index contributed by atoms with van der Waals surface area (Å²) < 4.78 is 40.8. The number of anilines is 1. The summed E-state index contributed by atoms with van der Waals surface area (Å²) in [5.74, 6) is 3.21. The van der Waals surface area contributed by atoms with E-state index < -0.39 is 29.4 Å². The molecule has 0 aliphatic carbocycles. The predicted octanol–water partition coefficient (Wildman–Crippen LogP) is 0.0822. The fraction of sp³-hybridized carbons (Fsp3) is 0.500. The Hall–Kier alpha value is -4.06. The number of hydrogen-bond donors (Lipinski definition) is 2. The van der Waals surface area contributed by atoms with Gasteiger partial charge in [-0.2, -0.15) is 18.2 Å². The second-order valence-corrected chi connectivity index (χ2v) is 7.55. The quantitative estimate of drug-likeness (QED) is 0.303. The highest BCUT2D eigenvalue weighted by molar-refractivity contribution is 5.82. The molecule has 202 valence electrons. The van der Waals surface area contributed by atoms with Gasteiger partial charge in [0.2, 0.25) is 5.95 Å². The summed E-state index contributed by atoms with van der Waals surface area (Å²) in [7, 11) is 1.43. The number of carboxylic acid groups (broad SMARTS) is 1. The van der Waals surface area contributed by atoms with Gasteiger partial charge in [0.05, 0.1) is 13.2 Å². The molecule has 0 unspecified atom stereocenters. The molecule has 3 heterocycles. The molecule has 2 N–H and O–H groups in total. The molecule has 0 bridgehead atoms. The van der Waals surface area contributed by atoms with Crippen LogP contribution < -0.4 is 21.5 Å². The van der Waals surface area contributed by atoms with E-state index in [0.29, 0.717) is 18.0 Å². The number of carboxylic acids is 1. The van der Waals surface area contributed by atoms with Gasteiger partial charge in [-0.05, 0) is 13.8 Å². The Balaban J connectivity index is 0.000000604. The van der Waals surface area contributed by atoms with Crippen molar-refractivity contribution in [3.05, 3.63) is 33.0 Å². The van der Waals surface area contributed by atoms with Gasteiger partial charge < -0.3 is 20.1 Å². The summed E-state index contributed by atoms with van der Waals surface area (Å²) in [5, 5.41) is 10.4. The lowest BCUT2D eigenvalue weighted by Gasteiger charge is -2.28. The van der Waals surface area contributed by atoms with Gasteiger partial charge >= 0.3 is 23.8 Å². The standard InChI is InChI=1S/C20H26N6O4.C2HF3O2/c1-4-6-11-25-16-17(22-19(25)24-13-9-21-10-14-24)26(20(29)23(3)18(16)28)12-7-8-15(27)30-5-2;3-2(4,5)1(6)7/h7-8,21H,5,9-14H2,1-3H3;(H,6,7)/b8-7+;. The van der Waals surface area contributed by atoms with Crippen LogP contribution in [0.3, 0.4) is 0 Å². The van der Waals surface area contributed by atoms with Crippen LogP contribution in [0.4, 0.5) is 19.1 Å². The number of alkyl halides is 3. The number of ether oxygens (including phenoxy) is 1. The van der Waals surface area contributed by atoms with E-state index in [0.717, 1.165) is 30.7 Å². The minimum atomic E-state index is -5.08. The molecule has 0 radical (unpaired) electrons. The number of nitrogens with one attached hydrogen (secondary N) is 1. The largest absolute Gasteiger partial charge is 0.490 e. The Morgan fingerprint density at radius 1 is 1.22 bits per heavy atom. The second-order valence-electron chi connectivity index (χ2n) is 7.55. The van der Waals surface area contributed by atoms with Crippen LogP contribution in [0.1, 0.15) is 13.8 Å². The third-order valence-corrected chi connectivity index (χ3v) is 5.09. The topological polar surface area (TPSA) is 141 Å². The van der Waals surface area contributed by atoms with E-state index in [1.807, 2.05) is 0 Å². The first-order chi connectivity index (χ1) is 17.4. The summed E-state index contributed by atoms with van der Waals surface area (Å²) in [6, 6.07) is 0. The Morgan fingerprint density at radius 2 is 1.84 bits per heavy atom. The smallest absolute Gasteiger partial charge is 0.475 e. The summed E-state index contributed by atoms with van der Waals surface area (Å²) in [6.45, 7) is 7.16. The lowest BCUT2D eigenvalue weighted by Crippen LogP contribution is -2.44. The number of esters is 1. The van der Waals surface area contributed by atoms with Gasteiger partial charge in [-0.1, -0.05) is 12.0 Å². The average molecular weight is 528 g/mol. The summed E-state index contributed by atoms with van der Waals surface area (Å²) in [4.78, 5) is 53.0. The fourth-order valence-corrected chi connectivity index (χ4v) is 3.37. The van der Waals surface area contributed by atoms with E-state index >= 15 is 0 Å². The molecule has 2 aromatic rings. The minimum Gasteiger partial charge on any atom is -0.475 e. The van der Waals surface area contributed by atoms with Crippen LogP contribution in [0.25, 0.3) is 11.2 Å². The van der Waals surface area contributed by atoms with E-state index in [2.05, 4.69) is 27.0 Å². The first kappa shape index (κ1) is 29.2.